The van der Waals surface area contributed by atoms with Crippen molar-refractivity contribution in [2.45, 2.75) is 45.1 Å². The zero-order valence-electron chi connectivity index (χ0n) is 16.6. The number of carbonyl (C=O) groups excluding carboxylic acids is 1. The summed E-state index contributed by atoms with van der Waals surface area (Å²) in [6.45, 7) is 1.91. The van der Waals surface area contributed by atoms with E-state index in [1.54, 1.807) is 12.1 Å². The summed E-state index contributed by atoms with van der Waals surface area (Å²) in [6, 6.07) is 13.4. The molecule has 0 unspecified atom stereocenters. The van der Waals surface area contributed by atoms with Crippen molar-refractivity contribution in [1.29, 1.82) is 0 Å². The van der Waals surface area contributed by atoms with E-state index >= 15 is 0 Å². The Morgan fingerprint density at radius 2 is 1.80 bits per heavy atom. The molecule has 1 saturated carbocycles. The standard InChI is InChI=1S/C23H22BrCl2N3O/c1-14-21(23(30)27-17-5-3-2-4-6-17)28-22(19-12-9-16(25)13-20(19)26)29(14)18-10-7-15(24)8-11-18/h7-13,17H,2-6H2,1H3,(H,27,30). The van der Waals surface area contributed by atoms with E-state index in [-0.39, 0.29) is 11.9 Å². The molecule has 4 nitrogen and oxygen atoms in total. The van der Waals surface area contributed by atoms with Crippen LogP contribution >= 0.6 is 39.1 Å². The van der Waals surface area contributed by atoms with Crippen LogP contribution in [-0.4, -0.2) is 21.5 Å². The number of benzene rings is 2. The first kappa shape index (κ1) is 21.4. The lowest BCUT2D eigenvalue weighted by molar-refractivity contribution is 0.0922. The molecule has 1 aliphatic carbocycles. The first-order valence-corrected chi connectivity index (χ1v) is 11.6. The van der Waals surface area contributed by atoms with Crippen LogP contribution in [0.3, 0.4) is 0 Å². The van der Waals surface area contributed by atoms with Crippen molar-refractivity contribution in [3.05, 3.63) is 68.4 Å². The summed E-state index contributed by atoms with van der Waals surface area (Å²) in [6.07, 6.45) is 5.59. The quantitative estimate of drug-likeness (QED) is 0.414. The van der Waals surface area contributed by atoms with Crippen molar-refractivity contribution < 1.29 is 4.79 Å². The number of hydrogen-bond donors (Lipinski definition) is 1. The number of nitrogens with zero attached hydrogens (tertiary/aromatic N) is 2. The molecular formula is C23H22BrCl2N3O. The van der Waals surface area contributed by atoms with Gasteiger partial charge >= 0.3 is 0 Å². The van der Waals surface area contributed by atoms with Crippen LogP contribution in [0, 0.1) is 6.92 Å². The highest BCUT2D eigenvalue weighted by atomic mass is 79.9. The van der Waals surface area contributed by atoms with Crippen LogP contribution in [0.15, 0.2) is 46.9 Å². The first-order chi connectivity index (χ1) is 14.4. The molecule has 1 N–H and O–H groups in total. The van der Waals surface area contributed by atoms with Gasteiger partial charge in [0.05, 0.1) is 10.7 Å². The van der Waals surface area contributed by atoms with E-state index in [2.05, 4.69) is 21.2 Å². The molecule has 1 aromatic heterocycles. The predicted molar refractivity (Wildman–Crippen MR) is 126 cm³/mol. The number of hydrogen-bond acceptors (Lipinski definition) is 2. The van der Waals surface area contributed by atoms with Crippen LogP contribution < -0.4 is 5.32 Å². The Balaban J connectivity index is 1.80. The fourth-order valence-electron chi connectivity index (χ4n) is 3.97. The number of rotatable bonds is 4. The summed E-state index contributed by atoms with van der Waals surface area (Å²) in [5.41, 5.74) is 2.82. The molecule has 3 aromatic rings. The van der Waals surface area contributed by atoms with Gasteiger partial charge in [-0.15, -0.1) is 0 Å². The second kappa shape index (κ2) is 9.13. The monoisotopic (exact) mass is 505 g/mol. The van der Waals surface area contributed by atoms with E-state index in [1.807, 2.05) is 41.8 Å². The Morgan fingerprint density at radius 3 is 2.47 bits per heavy atom. The fraction of sp³-hybridized carbons (Fsp3) is 0.304. The van der Waals surface area contributed by atoms with Gasteiger partial charge in [0, 0.05) is 26.8 Å². The molecule has 0 saturated heterocycles. The Labute approximate surface area is 194 Å². The molecule has 0 atom stereocenters. The maximum atomic E-state index is 13.1. The first-order valence-electron chi connectivity index (χ1n) is 10.1. The van der Waals surface area contributed by atoms with Gasteiger partial charge in [0.25, 0.3) is 5.91 Å². The normalized spacial score (nSPS) is 14.7. The van der Waals surface area contributed by atoms with Gasteiger partial charge < -0.3 is 5.32 Å². The minimum absolute atomic E-state index is 0.137. The Bertz CT molecular complexity index is 1070. The minimum Gasteiger partial charge on any atom is -0.348 e. The second-order valence-electron chi connectivity index (χ2n) is 7.61. The molecule has 0 radical (unpaired) electrons. The summed E-state index contributed by atoms with van der Waals surface area (Å²) in [5.74, 6) is 0.479. The Morgan fingerprint density at radius 1 is 1.10 bits per heavy atom. The van der Waals surface area contributed by atoms with E-state index < -0.39 is 0 Å². The van der Waals surface area contributed by atoms with E-state index in [9.17, 15) is 4.79 Å². The van der Waals surface area contributed by atoms with Crippen molar-refractivity contribution >= 4 is 45.0 Å². The third kappa shape index (κ3) is 4.43. The fourth-order valence-corrected chi connectivity index (χ4v) is 4.73. The second-order valence-corrected chi connectivity index (χ2v) is 9.37. The van der Waals surface area contributed by atoms with Crippen LogP contribution in [0.1, 0.15) is 48.3 Å². The topological polar surface area (TPSA) is 46.9 Å². The minimum atomic E-state index is -0.137. The number of aromatic nitrogens is 2. The molecular weight excluding hydrogens is 485 g/mol. The molecule has 0 bridgehead atoms. The van der Waals surface area contributed by atoms with Crippen molar-refractivity contribution in [2.24, 2.45) is 0 Å². The third-order valence-corrected chi connectivity index (χ3v) is 6.60. The maximum Gasteiger partial charge on any atom is 0.272 e. The smallest absolute Gasteiger partial charge is 0.272 e. The Hall–Kier alpha value is -1.82. The van der Waals surface area contributed by atoms with Crippen LogP contribution in [-0.2, 0) is 0 Å². The molecule has 1 amide bonds. The van der Waals surface area contributed by atoms with Crippen LogP contribution in [0.4, 0.5) is 0 Å². The number of nitrogens with one attached hydrogen (secondary N) is 1. The molecule has 2 aromatic carbocycles. The lowest BCUT2D eigenvalue weighted by Gasteiger charge is -2.22. The Kier molecular flexibility index (Phi) is 6.51. The zero-order valence-corrected chi connectivity index (χ0v) is 19.7. The van der Waals surface area contributed by atoms with Crippen LogP contribution in [0.5, 0.6) is 0 Å². The summed E-state index contributed by atoms with van der Waals surface area (Å²) in [5, 5.41) is 4.22. The third-order valence-electron chi connectivity index (χ3n) is 5.52. The van der Waals surface area contributed by atoms with E-state index in [0.29, 0.717) is 21.6 Å². The largest absolute Gasteiger partial charge is 0.348 e. The summed E-state index contributed by atoms with van der Waals surface area (Å²) in [4.78, 5) is 17.9. The SMILES string of the molecule is Cc1c(C(=O)NC2CCCCC2)nc(-c2ccc(Cl)cc2Cl)n1-c1ccc(Br)cc1. The van der Waals surface area contributed by atoms with Gasteiger partial charge in [0.2, 0.25) is 0 Å². The average molecular weight is 507 g/mol. The number of halogens is 3. The molecule has 1 aliphatic rings. The molecule has 4 rings (SSSR count). The lowest BCUT2D eigenvalue weighted by atomic mass is 9.95. The van der Waals surface area contributed by atoms with Gasteiger partial charge in [-0.3, -0.25) is 9.36 Å². The molecule has 1 heterocycles. The van der Waals surface area contributed by atoms with E-state index in [0.717, 1.165) is 47.1 Å². The van der Waals surface area contributed by atoms with Crippen molar-refractivity contribution in [2.75, 3.05) is 0 Å². The van der Waals surface area contributed by atoms with Gasteiger partial charge in [-0.25, -0.2) is 4.98 Å². The molecule has 156 valence electrons. The highest BCUT2D eigenvalue weighted by Crippen LogP contribution is 2.33. The van der Waals surface area contributed by atoms with Crippen molar-refractivity contribution in [3.8, 4) is 17.1 Å². The average Bonchev–Trinajstić information content (AvgIpc) is 3.06. The lowest BCUT2D eigenvalue weighted by Crippen LogP contribution is -2.36. The molecule has 0 aliphatic heterocycles. The number of carbonyl (C=O) groups is 1. The molecule has 0 spiro atoms. The van der Waals surface area contributed by atoms with Crippen molar-refractivity contribution in [3.63, 3.8) is 0 Å². The molecule has 7 heteroatoms. The van der Waals surface area contributed by atoms with Gasteiger partial charge in [-0.1, -0.05) is 58.4 Å². The van der Waals surface area contributed by atoms with Gasteiger partial charge in [0.1, 0.15) is 11.5 Å². The van der Waals surface area contributed by atoms with E-state index in [1.165, 1.54) is 6.42 Å². The van der Waals surface area contributed by atoms with Gasteiger partial charge in [-0.2, -0.15) is 0 Å². The predicted octanol–water partition coefficient (Wildman–Crippen LogP) is 6.98. The summed E-state index contributed by atoms with van der Waals surface area (Å²) >= 11 is 16.1. The molecule has 1 fully saturated rings. The van der Waals surface area contributed by atoms with Gasteiger partial charge in [0.15, 0.2) is 0 Å². The van der Waals surface area contributed by atoms with E-state index in [4.69, 9.17) is 28.2 Å². The molecule has 30 heavy (non-hydrogen) atoms. The number of amides is 1. The van der Waals surface area contributed by atoms with Crippen molar-refractivity contribution in [1.82, 2.24) is 14.9 Å². The van der Waals surface area contributed by atoms with Crippen LogP contribution in [0.25, 0.3) is 17.1 Å². The highest BCUT2D eigenvalue weighted by Gasteiger charge is 2.25. The highest BCUT2D eigenvalue weighted by molar-refractivity contribution is 9.10. The maximum absolute atomic E-state index is 13.1. The van der Waals surface area contributed by atoms with Crippen LogP contribution in [0.2, 0.25) is 10.0 Å². The summed E-state index contributed by atoms with van der Waals surface area (Å²) < 4.78 is 2.95. The number of imidazole rings is 1. The summed E-state index contributed by atoms with van der Waals surface area (Å²) in [7, 11) is 0. The zero-order chi connectivity index (χ0) is 21.3. The van der Waals surface area contributed by atoms with Gasteiger partial charge in [-0.05, 0) is 62.2 Å².